The third kappa shape index (κ3) is 4.20. The van der Waals surface area contributed by atoms with Gasteiger partial charge in [0.15, 0.2) is 0 Å². The highest BCUT2D eigenvalue weighted by atomic mass is 16.5. The first-order valence-electron chi connectivity index (χ1n) is 6.09. The molecule has 0 saturated carbocycles. The van der Waals surface area contributed by atoms with Crippen molar-refractivity contribution in [2.75, 3.05) is 0 Å². The van der Waals surface area contributed by atoms with E-state index in [0.29, 0.717) is 6.41 Å². The van der Waals surface area contributed by atoms with E-state index in [2.05, 4.69) is 5.32 Å². The molecule has 0 radical (unpaired) electrons. The molecule has 0 spiro atoms. The van der Waals surface area contributed by atoms with Gasteiger partial charge in [-0.25, -0.2) is 4.79 Å². The number of nitrogens with one attached hydrogen (secondary N) is 1. The van der Waals surface area contributed by atoms with E-state index in [4.69, 9.17) is 4.74 Å². The Hall–Kier alpha value is -1.84. The Labute approximate surface area is 107 Å². The van der Waals surface area contributed by atoms with Gasteiger partial charge in [-0.3, -0.25) is 4.79 Å². The van der Waals surface area contributed by atoms with E-state index in [0.717, 1.165) is 12.0 Å². The van der Waals surface area contributed by atoms with Gasteiger partial charge >= 0.3 is 5.97 Å². The second kappa shape index (κ2) is 7.48. The Morgan fingerprint density at radius 3 is 2.61 bits per heavy atom. The summed E-state index contributed by atoms with van der Waals surface area (Å²) < 4.78 is 5.21. The molecule has 0 aliphatic carbocycles. The van der Waals surface area contributed by atoms with Crippen LogP contribution >= 0.6 is 0 Å². The maximum atomic E-state index is 11.9. The molecule has 4 nitrogen and oxygen atoms in total. The fraction of sp³-hybridized carbons (Fsp3) is 0.429. The summed E-state index contributed by atoms with van der Waals surface area (Å²) in [6.07, 6.45) is 1.34. The first-order chi connectivity index (χ1) is 8.69. The molecule has 0 aliphatic rings. The number of ether oxygens (including phenoxy) is 1. The smallest absolute Gasteiger partial charge is 0.329 e. The van der Waals surface area contributed by atoms with E-state index in [9.17, 15) is 9.59 Å². The van der Waals surface area contributed by atoms with Crippen molar-refractivity contribution in [2.45, 2.75) is 32.9 Å². The summed E-state index contributed by atoms with van der Waals surface area (Å²) in [7, 11) is 0. The van der Waals surface area contributed by atoms with Crippen molar-refractivity contribution < 1.29 is 14.3 Å². The highest BCUT2D eigenvalue weighted by Crippen LogP contribution is 2.10. The summed E-state index contributed by atoms with van der Waals surface area (Å²) >= 11 is 0. The molecule has 4 heteroatoms. The lowest BCUT2D eigenvalue weighted by Crippen LogP contribution is -2.42. The standard InChI is InChI=1S/C14H19NO3/c1-3-11(2)13(15-10-16)14(17)18-9-12-7-5-4-6-8-12/h4-8,10-11,13H,3,9H2,1-2H3,(H,15,16)/t11-,13-/m0/s1. The van der Waals surface area contributed by atoms with Crippen LogP contribution in [0.1, 0.15) is 25.8 Å². The molecule has 0 bridgehead atoms. The normalized spacial score (nSPS) is 13.4. The summed E-state index contributed by atoms with van der Waals surface area (Å²) in [4.78, 5) is 22.4. The van der Waals surface area contributed by atoms with Gasteiger partial charge in [-0.05, 0) is 11.5 Å². The Balaban J connectivity index is 2.54. The number of esters is 1. The van der Waals surface area contributed by atoms with Gasteiger partial charge in [0, 0.05) is 0 Å². The molecule has 1 amide bonds. The van der Waals surface area contributed by atoms with Crippen LogP contribution in [0.4, 0.5) is 0 Å². The van der Waals surface area contributed by atoms with Crippen molar-refractivity contribution in [3.8, 4) is 0 Å². The molecular weight excluding hydrogens is 230 g/mol. The van der Waals surface area contributed by atoms with Crippen LogP contribution in [-0.2, 0) is 20.9 Å². The monoisotopic (exact) mass is 249 g/mol. The van der Waals surface area contributed by atoms with Crippen LogP contribution < -0.4 is 5.32 Å². The molecule has 2 atom stereocenters. The number of amides is 1. The molecule has 0 fully saturated rings. The largest absolute Gasteiger partial charge is 0.459 e. The van der Waals surface area contributed by atoms with Crippen LogP contribution in [0.5, 0.6) is 0 Å². The summed E-state index contributed by atoms with van der Waals surface area (Å²) in [5.41, 5.74) is 0.930. The van der Waals surface area contributed by atoms with Crippen molar-refractivity contribution in [3.63, 3.8) is 0 Å². The van der Waals surface area contributed by atoms with Crippen LogP contribution in [0.3, 0.4) is 0 Å². The van der Waals surface area contributed by atoms with Crippen molar-refractivity contribution in [3.05, 3.63) is 35.9 Å². The first kappa shape index (κ1) is 14.2. The van der Waals surface area contributed by atoms with Gasteiger partial charge in [0.25, 0.3) is 0 Å². The highest BCUT2D eigenvalue weighted by Gasteiger charge is 2.24. The number of hydrogen-bond donors (Lipinski definition) is 1. The Kier molecular flexibility index (Phi) is 5.91. The van der Waals surface area contributed by atoms with Gasteiger partial charge in [0.1, 0.15) is 12.6 Å². The predicted molar refractivity (Wildman–Crippen MR) is 68.7 cm³/mol. The minimum absolute atomic E-state index is 0.0541. The molecule has 0 saturated heterocycles. The zero-order valence-electron chi connectivity index (χ0n) is 10.8. The predicted octanol–water partition coefficient (Wildman–Crippen LogP) is 1.89. The molecule has 98 valence electrons. The third-order valence-electron chi connectivity index (χ3n) is 2.94. The van der Waals surface area contributed by atoms with Crippen LogP contribution in [0.2, 0.25) is 0 Å². The third-order valence-corrected chi connectivity index (χ3v) is 2.94. The molecule has 1 aromatic rings. The lowest BCUT2D eigenvalue weighted by atomic mass is 9.99. The van der Waals surface area contributed by atoms with Crippen molar-refractivity contribution in [2.24, 2.45) is 5.92 Å². The summed E-state index contributed by atoms with van der Waals surface area (Å²) in [5.74, 6) is -0.334. The van der Waals surface area contributed by atoms with Crippen molar-refractivity contribution in [1.82, 2.24) is 5.32 Å². The van der Waals surface area contributed by atoms with Crippen LogP contribution in [-0.4, -0.2) is 18.4 Å². The molecular formula is C14H19NO3. The molecule has 18 heavy (non-hydrogen) atoms. The zero-order chi connectivity index (χ0) is 13.4. The van der Waals surface area contributed by atoms with Crippen LogP contribution in [0, 0.1) is 5.92 Å². The highest BCUT2D eigenvalue weighted by molar-refractivity contribution is 5.78. The van der Waals surface area contributed by atoms with Gasteiger partial charge < -0.3 is 10.1 Å². The number of carbonyl (C=O) groups is 2. The molecule has 1 aromatic carbocycles. The van der Waals surface area contributed by atoms with Crippen molar-refractivity contribution in [1.29, 1.82) is 0 Å². The van der Waals surface area contributed by atoms with Gasteiger partial charge in [-0.15, -0.1) is 0 Å². The number of rotatable bonds is 7. The molecule has 0 aromatic heterocycles. The van der Waals surface area contributed by atoms with Crippen LogP contribution in [0.25, 0.3) is 0 Å². The number of benzene rings is 1. The van der Waals surface area contributed by atoms with E-state index in [-0.39, 0.29) is 18.5 Å². The fourth-order valence-electron chi connectivity index (χ4n) is 1.59. The molecule has 0 unspecified atom stereocenters. The Bertz CT molecular complexity index is 378. The SMILES string of the molecule is CC[C@H](C)[C@H](NC=O)C(=O)OCc1ccccc1. The van der Waals surface area contributed by atoms with Gasteiger partial charge in [-0.1, -0.05) is 50.6 Å². The maximum absolute atomic E-state index is 11.9. The Morgan fingerprint density at radius 2 is 2.06 bits per heavy atom. The topological polar surface area (TPSA) is 55.4 Å². The minimum atomic E-state index is -0.573. The first-order valence-corrected chi connectivity index (χ1v) is 6.09. The minimum Gasteiger partial charge on any atom is -0.459 e. The zero-order valence-corrected chi connectivity index (χ0v) is 10.8. The molecule has 0 heterocycles. The fourth-order valence-corrected chi connectivity index (χ4v) is 1.59. The van der Waals surface area contributed by atoms with E-state index in [1.807, 2.05) is 44.2 Å². The second-order valence-corrected chi connectivity index (χ2v) is 4.24. The quantitative estimate of drug-likeness (QED) is 0.593. The molecule has 1 rings (SSSR count). The molecule has 0 aliphatic heterocycles. The summed E-state index contributed by atoms with van der Waals surface area (Å²) in [6, 6.07) is 8.88. The number of carbonyl (C=O) groups excluding carboxylic acids is 2. The van der Waals surface area contributed by atoms with Crippen molar-refractivity contribution >= 4 is 12.4 Å². The summed E-state index contributed by atoms with van der Waals surface area (Å²) in [5, 5.41) is 2.51. The maximum Gasteiger partial charge on any atom is 0.329 e. The molecule has 1 N–H and O–H groups in total. The average Bonchev–Trinajstić information content (AvgIpc) is 2.42. The second-order valence-electron chi connectivity index (χ2n) is 4.24. The van der Waals surface area contributed by atoms with E-state index < -0.39 is 6.04 Å². The van der Waals surface area contributed by atoms with Crippen LogP contribution in [0.15, 0.2) is 30.3 Å². The number of hydrogen-bond acceptors (Lipinski definition) is 3. The van der Waals surface area contributed by atoms with E-state index in [1.54, 1.807) is 0 Å². The lowest BCUT2D eigenvalue weighted by Gasteiger charge is -2.20. The van der Waals surface area contributed by atoms with E-state index in [1.165, 1.54) is 0 Å². The van der Waals surface area contributed by atoms with Gasteiger partial charge in [0.05, 0.1) is 0 Å². The lowest BCUT2D eigenvalue weighted by molar-refractivity contribution is -0.149. The van der Waals surface area contributed by atoms with E-state index >= 15 is 0 Å². The summed E-state index contributed by atoms with van der Waals surface area (Å²) in [6.45, 7) is 4.10. The Morgan fingerprint density at radius 1 is 1.39 bits per heavy atom. The van der Waals surface area contributed by atoms with Gasteiger partial charge in [-0.2, -0.15) is 0 Å². The average molecular weight is 249 g/mol. The van der Waals surface area contributed by atoms with Gasteiger partial charge in [0.2, 0.25) is 6.41 Å².